The number of sulfonamides is 1. The molecule has 1 fully saturated rings. The van der Waals surface area contributed by atoms with Crippen LogP contribution in [0, 0.1) is 0 Å². The van der Waals surface area contributed by atoms with Gasteiger partial charge in [-0.3, -0.25) is 0 Å². The maximum atomic E-state index is 11.7. The van der Waals surface area contributed by atoms with Crippen LogP contribution in [0.25, 0.3) is 0 Å². The molecule has 0 bridgehead atoms. The summed E-state index contributed by atoms with van der Waals surface area (Å²) in [5, 5.41) is 0. The predicted molar refractivity (Wildman–Crippen MR) is 54.4 cm³/mol. The smallest absolute Gasteiger partial charge is 0.215 e. The number of ether oxygens (including phenoxy) is 1. The lowest BCUT2D eigenvalue weighted by Crippen LogP contribution is -2.49. The van der Waals surface area contributed by atoms with Gasteiger partial charge in [0, 0.05) is 19.1 Å². The molecule has 0 aromatic carbocycles. The molecule has 1 atom stereocenters. The van der Waals surface area contributed by atoms with Gasteiger partial charge in [-0.2, -0.15) is 4.31 Å². The van der Waals surface area contributed by atoms with Crippen molar-refractivity contribution < 1.29 is 13.2 Å². The van der Waals surface area contributed by atoms with Gasteiger partial charge in [0.25, 0.3) is 0 Å². The number of morpholine rings is 1. The summed E-state index contributed by atoms with van der Waals surface area (Å²) in [4.78, 5) is 0. The van der Waals surface area contributed by atoms with Gasteiger partial charge in [0.1, 0.15) is 0 Å². The first-order chi connectivity index (χ1) is 6.61. The van der Waals surface area contributed by atoms with Crippen LogP contribution >= 0.6 is 0 Å². The normalized spacial score (nSPS) is 25.1. The summed E-state index contributed by atoms with van der Waals surface area (Å²) in [7, 11) is -3.17. The Morgan fingerprint density at radius 2 is 2.29 bits per heavy atom. The van der Waals surface area contributed by atoms with Gasteiger partial charge in [-0.25, -0.2) is 8.42 Å². The Morgan fingerprint density at radius 3 is 2.86 bits per heavy atom. The lowest BCUT2D eigenvalue weighted by Gasteiger charge is -2.33. The third-order valence-electron chi connectivity index (χ3n) is 2.38. The summed E-state index contributed by atoms with van der Waals surface area (Å²) in [6.45, 7) is 3.59. The fourth-order valence-corrected chi connectivity index (χ4v) is 3.14. The quantitative estimate of drug-likeness (QED) is 0.688. The molecule has 0 radical (unpaired) electrons. The monoisotopic (exact) mass is 222 g/mol. The zero-order chi connectivity index (χ0) is 10.6. The summed E-state index contributed by atoms with van der Waals surface area (Å²) < 4.78 is 30.3. The Labute approximate surface area is 85.3 Å². The number of hydrogen-bond donors (Lipinski definition) is 1. The third kappa shape index (κ3) is 2.66. The molecular formula is C8H18N2O3S. The van der Waals surface area contributed by atoms with Crippen molar-refractivity contribution in [3.05, 3.63) is 0 Å². The maximum absolute atomic E-state index is 11.7. The minimum absolute atomic E-state index is 0.0136. The summed E-state index contributed by atoms with van der Waals surface area (Å²) in [6.07, 6.45) is 0.782. The first-order valence-electron chi connectivity index (χ1n) is 4.89. The lowest BCUT2D eigenvalue weighted by atomic mass is 10.2. The van der Waals surface area contributed by atoms with E-state index < -0.39 is 10.0 Å². The molecule has 0 amide bonds. The van der Waals surface area contributed by atoms with E-state index >= 15 is 0 Å². The average Bonchev–Trinajstić information content (AvgIpc) is 2.18. The van der Waals surface area contributed by atoms with Gasteiger partial charge >= 0.3 is 0 Å². The Kier molecular flexibility index (Phi) is 4.31. The van der Waals surface area contributed by atoms with Crippen LogP contribution in [0.5, 0.6) is 0 Å². The van der Waals surface area contributed by atoms with Crippen LogP contribution in [0.3, 0.4) is 0 Å². The van der Waals surface area contributed by atoms with Crippen LogP contribution in [0.4, 0.5) is 0 Å². The van der Waals surface area contributed by atoms with Gasteiger partial charge in [0.2, 0.25) is 10.0 Å². The van der Waals surface area contributed by atoms with Crippen molar-refractivity contribution in [1.82, 2.24) is 4.31 Å². The molecule has 84 valence electrons. The Bertz CT molecular complexity index is 266. The van der Waals surface area contributed by atoms with Crippen molar-refractivity contribution in [1.29, 1.82) is 0 Å². The minimum atomic E-state index is -3.17. The lowest BCUT2D eigenvalue weighted by molar-refractivity contribution is 0.0315. The molecule has 1 aliphatic heterocycles. The molecule has 5 nitrogen and oxygen atoms in total. The Morgan fingerprint density at radius 1 is 1.57 bits per heavy atom. The zero-order valence-corrected chi connectivity index (χ0v) is 9.29. The summed E-state index contributed by atoms with van der Waals surface area (Å²) >= 11 is 0. The highest BCUT2D eigenvalue weighted by atomic mass is 32.2. The highest BCUT2D eigenvalue weighted by Gasteiger charge is 2.30. The van der Waals surface area contributed by atoms with Crippen LogP contribution in [-0.2, 0) is 14.8 Å². The van der Waals surface area contributed by atoms with Gasteiger partial charge in [-0.1, -0.05) is 6.92 Å². The molecule has 1 aliphatic rings. The molecule has 2 N–H and O–H groups in total. The summed E-state index contributed by atoms with van der Waals surface area (Å²) in [6, 6.07) is -0.0136. The maximum Gasteiger partial charge on any atom is 0.215 e. The molecule has 0 aromatic heterocycles. The van der Waals surface area contributed by atoms with Crippen molar-refractivity contribution in [2.75, 3.05) is 32.1 Å². The highest BCUT2D eigenvalue weighted by Crippen LogP contribution is 2.14. The number of nitrogens with zero attached hydrogens (tertiary/aromatic N) is 1. The van der Waals surface area contributed by atoms with Gasteiger partial charge in [0.05, 0.1) is 19.0 Å². The minimum Gasteiger partial charge on any atom is -0.378 e. The summed E-state index contributed by atoms with van der Waals surface area (Å²) in [5.41, 5.74) is 5.27. The van der Waals surface area contributed by atoms with Crippen molar-refractivity contribution in [3.63, 3.8) is 0 Å². The first-order valence-corrected chi connectivity index (χ1v) is 6.50. The van der Waals surface area contributed by atoms with Crippen LogP contribution in [0.15, 0.2) is 0 Å². The van der Waals surface area contributed by atoms with Crippen LogP contribution < -0.4 is 5.73 Å². The van der Waals surface area contributed by atoms with Crippen molar-refractivity contribution in [2.45, 2.75) is 19.4 Å². The van der Waals surface area contributed by atoms with Crippen molar-refractivity contribution in [2.24, 2.45) is 5.73 Å². The number of rotatable bonds is 4. The van der Waals surface area contributed by atoms with E-state index in [0.29, 0.717) is 19.8 Å². The van der Waals surface area contributed by atoms with Crippen LogP contribution in [0.1, 0.15) is 13.3 Å². The molecule has 14 heavy (non-hydrogen) atoms. The highest BCUT2D eigenvalue weighted by molar-refractivity contribution is 7.89. The average molecular weight is 222 g/mol. The Balaban J connectivity index is 2.72. The van der Waals surface area contributed by atoms with E-state index in [1.807, 2.05) is 6.92 Å². The van der Waals surface area contributed by atoms with Gasteiger partial charge < -0.3 is 10.5 Å². The van der Waals surface area contributed by atoms with E-state index in [1.54, 1.807) is 0 Å². The van der Waals surface area contributed by atoms with Crippen molar-refractivity contribution >= 4 is 10.0 Å². The number of hydrogen-bond acceptors (Lipinski definition) is 4. The molecular weight excluding hydrogens is 204 g/mol. The van der Waals surface area contributed by atoms with E-state index in [0.717, 1.165) is 6.42 Å². The third-order valence-corrected chi connectivity index (χ3v) is 4.32. The predicted octanol–water partition coefficient (Wildman–Crippen LogP) is -0.614. The van der Waals surface area contributed by atoms with E-state index in [1.165, 1.54) is 4.31 Å². The second-order valence-corrected chi connectivity index (χ2v) is 5.39. The fourth-order valence-electron chi connectivity index (χ4n) is 1.59. The molecule has 0 aliphatic carbocycles. The second-order valence-electron chi connectivity index (χ2n) is 3.35. The molecule has 6 heteroatoms. The van der Waals surface area contributed by atoms with E-state index in [-0.39, 0.29) is 18.3 Å². The van der Waals surface area contributed by atoms with Crippen LogP contribution in [-0.4, -0.2) is 50.8 Å². The van der Waals surface area contributed by atoms with Crippen molar-refractivity contribution in [3.8, 4) is 0 Å². The molecule has 0 saturated carbocycles. The molecule has 1 rings (SSSR count). The largest absolute Gasteiger partial charge is 0.378 e. The fraction of sp³-hybridized carbons (Fsp3) is 1.00. The molecule has 1 unspecified atom stereocenters. The molecule has 1 heterocycles. The van der Waals surface area contributed by atoms with Crippen LogP contribution in [0.2, 0.25) is 0 Å². The molecule has 0 aromatic rings. The number of nitrogens with two attached hydrogens (primary N) is 1. The first kappa shape index (κ1) is 11.9. The van der Waals surface area contributed by atoms with E-state index in [9.17, 15) is 8.42 Å². The zero-order valence-electron chi connectivity index (χ0n) is 8.48. The van der Waals surface area contributed by atoms with Gasteiger partial charge in [-0.15, -0.1) is 0 Å². The molecule has 0 spiro atoms. The topological polar surface area (TPSA) is 72.6 Å². The second kappa shape index (κ2) is 5.06. The van der Waals surface area contributed by atoms with E-state index in [2.05, 4.69) is 0 Å². The van der Waals surface area contributed by atoms with E-state index in [4.69, 9.17) is 10.5 Å². The standard InChI is InChI=1S/C8H18N2O3S/c1-2-8-7-13-5-4-10(8)14(11,12)6-3-9/h8H,2-7,9H2,1H3. The summed E-state index contributed by atoms with van der Waals surface area (Å²) in [5.74, 6) is 0.0312. The molecule has 1 saturated heterocycles. The van der Waals surface area contributed by atoms with Gasteiger partial charge in [-0.05, 0) is 6.42 Å². The Hall–Kier alpha value is -0.170. The SMILES string of the molecule is CCC1COCCN1S(=O)(=O)CCN. The van der Waals surface area contributed by atoms with Gasteiger partial charge in [0.15, 0.2) is 0 Å².